The van der Waals surface area contributed by atoms with Crippen molar-refractivity contribution in [3.8, 4) is 16.9 Å². The van der Waals surface area contributed by atoms with Crippen molar-refractivity contribution < 1.29 is 23.5 Å². The highest BCUT2D eigenvalue weighted by atomic mass is 19.1. The van der Waals surface area contributed by atoms with Crippen molar-refractivity contribution in [3.63, 3.8) is 0 Å². The normalized spacial score (nSPS) is 20.8. The van der Waals surface area contributed by atoms with E-state index in [0.717, 1.165) is 5.56 Å². The molecule has 2 aliphatic rings. The number of nitrogens with one attached hydrogen (secondary N) is 1. The summed E-state index contributed by atoms with van der Waals surface area (Å²) in [5, 5.41) is 2.30. The molecule has 4 rings (SSSR count). The fraction of sp³-hybridized carbons (Fsp3) is 0.167. The highest BCUT2D eigenvalue weighted by Crippen LogP contribution is 2.53. The number of carbonyl (C=O) groups is 3. The van der Waals surface area contributed by atoms with E-state index < -0.39 is 29.0 Å². The summed E-state index contributed by atoms with van der Waals surface area (Å²) >= 11 is 0. The Kier molecular flexibility index (Phi) is 2.87. The van der Waals surface area contributed by atoms with Gasteiger partial charge in [-0.15, -0.1) is 0 Å². The number of amides is 2. The molecule has 0 aromatic heterocycles. The van der Waals surface area contributed by atoms with Crippen molar-refractivity contribution in [2.45, 2.75) is 18.8 Å². The molecule has 2 aromatic rings. The minimum Gasteiger partial charge on any atom is -0.427 e. The van der Waals surface area contributed by atoms with Crippen LogP contribution in [0.4, 0.5) is 4.39 Å². The van der Waals surface area contributed by atoms with Crippen LogP contribution in [-0.4, -0.2) is 17.8 Å². The Labute approximate surface area is 136 Å². The predicted octanol–water partition coefficient (Wildman–Crippen LogP) is 2.06. The van der Waals surface area contributed by atoms with Gasteiger partial charge in [0.2, 0.25) is 11.8 Å². The molecule has 2 amide bonds. The van der Waals surface area contributed by atoms with Crippen molar-refractivity contribution in [3.05, 3.63) is 53.3 Å². The Balaban J connectivity index is 2.01. The summed E-state index contributed by atoms with van der Waals surface area (Å²) in [5.41, 5.74) is 1.16. The van der Waals surface area contributed by atoms with Gasteiger partial charge in [-0.3, -0.25) is 19.7 Å². The number of hydrogen-bond acceptors (Lipinski definition) is 4. The van der Waals surface area contributed by atoms with Gasteiger partial charge >= 0.3 is 5.97 Å². The topological polar surface area (TPSA) is 72.5 Å². The molecule has 1 heterocycles. The maximum atomic E-state index is 13.8. The maximum Gasteiger partial charge on any atom is 0.308 e. The van der Waals surface area contributed by atoms with Gasteiger partial charge < -0.3 is 4.74 Å². The van der Waals surface area contributed by atoms with Crippen LogP contribution in [0.5, 0.6) is 5.75 Å². The molecule has 120 valence electrons. The Hall–Kier alpha value is -3.02. The lowest BCUT2D eigenvalue weighted by Crippen LogP contribution is -2.35. The van der Waals surface area contributed by atoms with E-state index >= 15 is 0 Å². The maximum absolute atomic E-state index is 13.8. The lowest BCUT2D eigenvalue weighted by molar-refractivity contribution is -0.132. The lowest BCUT2D eigenvalue weighted by atomic mass is 9.76. The van der Waals surface area contributed by atoms with Gasteiger partial charge in [-0.05, 0) is 46.5 Å². The molecular formula is C18H12FNO4. The van der Waals surface area contributed by atoms with Gasteiger partial charge in [0.05, 0.1) is 0 Å². The summed E-state index contributed by atoms with van der Waals surface area (Å²) in [6.07, 6.45) is -0.0984. The van der Waals surface area contributed by atoms with Crippen LogP contribution < -0.4 is 10.1 Å². The molecule has 1 N–H and O–H groups in total. The van der Waals surface area contributed by atoms with E-state index in [9.17, 15) is 18.8 Å². The highest BCUT2D eigenvalue weighted by Gasteiger charge is 2.55. The smallest absolute Gasteiger partial charge is 0.308 e. The second kappa shape index (κ2) is 4.74. The van der Waals surface area contributed by atoms with Crippen LogP contribution in [-0.2, 0) is 19.8 Å². The number of esters is 1. The average Bonchev–Trinajstić information content (AvgIpc) is 2.95. The fourth-order valence-electron chi connectivity index (χ4n) is 3.62. The standard InChI is InChI=1S/C18H12FNO4/c1-9(21)24-11-3-5-13-12-4-2-10(19)6-14(12)18(15(13)7-11)8-16(22)20-17(18)23/h2-7H,8H2,1H3,(H,20,22,23). The minimum absolute atomic E-state index is 0.0984. The van der Waals surface area contributed by atoms with E-state index in [-0.39, 0.29) is 12.2 Å². The second-order valence-corrected chi connectivity index (χ2v) is 5.95. The number of fused-ring (bicyclic) bond motifs is 5. The summed E-state index contributed by atoms with van der Waals surface area (Å²) in [7, 11) is 0. The van der Waals surface area contributed by atoms with Crippen LogP contribution in [0.3, 0.4) is 0 Å². The van der Waals surface area contributed by atoms with Crippen molar-refractivity contribution in [2.75, 3.05) is 0 Å². The van der Waals surface area contributed by atoms with Crippen LogP contribution in [0, 0.1) is 5.82 Å². The fourth-order valence-corrected chi connectivity index (χ4v) is 3.62. The SMILES string of the molecule is CC(=O)Oc1ccc2c(c1)C1(CC(=O)NC1=O)c1cc(F)ccc1-2. The van der Waals surface area contributed by atoms with Gasteiger partial charge in [-0.1, -0.05) is 12.1 Å². The Bertz CT molecular complexity index is 937. The molecule has 5 nitrogen and oxygen atoms in total. The zero-order valence-electron chi connectivity index (χ0n) is 12.7. The number of imide groups is 1. The van der Waals surface area contributed by atoms with Gasteiger partial charge in [0.15, 0.2) is 0 Å². The number of carbonyl (C=O) groups excluding carboxylic acids is 3. The van der Waals surface area contributed by atoms with Crippen LogP contribution in [0.1, 0.15) is 24.5 Å². The molecule has 1 unspecified atom stereocenters. The largest absolute Gasteiger partial charge is 0.427 e. The van der Waals surface area contributed by atoms with Crippen molar-refractivity contribution >= 4 is 17.8 Å². The molecule has 24 heavy (non-hydrogen) atoms. The molecule has 6 heteroatoms. The minimum atomic E-state index is -1.28. The van der Waals surface area contributed by atoms with Crippen LogP contribution >= 0.6 is 0 Å². The first kappa shape index (κ1) is 14.6. The van der Waals surface area contributed by atoms with Crippen LogP contribution in [0.15, 0.2) is 36.4 Å². The number of ether oxygens (including phenoxy) is 1. The number of halogens is 1. The van der Waals surface area contributed by atoms with Gasteiger partial charge in [0.25, 0.3) is 0 Å². The summed E-state index contributed by atoms with van der Waals surface area (Å²) < 4.78 is 18.9. The van der Waals surface area contributed by atoms with E-state index in [1.807, 2.05) is 0 Å². The third-order valence-electron chi connectivity index (χ3n) is 4.51. The molecule has 0 bridgehead atoms. The number of hydrogen-bond donors (Lipinski definition) is 1. The summed E-state index contributed by atoms with van der Waals surface area (Å²) in [4.78, 5) is 35.7. The van der Waals surface area contributed by atoms with E-state index in [1.165, 1.54) is 19.1 Å². The molecule has 0 saturated carbocycles. The van der Waals surface area contributed by atoms with Crippen molar-refractivity contribution in [1.29, 1.82) is 0 Å². The zero-order valence-corrected chi connectivity index (χ0v) is 12.7. The first-order chi connectivity index (χ1) is 11.4. The quantitative estimate of drug-likeness (QED) is 0.495. The Morgan fingerprint density at radius 3 is 2.42 bits per heavy atom. The monoisotopic (exact) mass is 325 g/mol. The Morgan fingerprint density at radius 2 is 1.79 bits per heavy atom. The molecule has 1 spiro atoms. The van der Waals surface area contributed by atoms with Gasteiger partial charge in [0.1, 0.15) is 17.0 Å². The third kappa shape index (κ3) is 1.83. The predicted molar refractivity (Wildman–Crippen MR) is 81.7 cm³/mol. The zero-order chi connectivity index (χ0) is 17.1. The number of rotatable bonds is 1. The third-order valence-corrected chi connectivity index (χ3v) is 4.51. The van der Waals surface area contributed by atoms with Crippen molar-refractivity contribution in [1.82, 2.24) is 5.32 Å². The van der Waals surface area contributed by atoms with E-state index in [1.54, 1.807) is 24.3 Å². The molecular weight excluding hydrogens is 313 g/mol. The first-order valence-electron chi connectivity index (χ1n) is 7.39. The highest BCUT2D eigenvalue weighted by molar-refractivity contribution is 6.14. The molecule has 1 aliphatic heterocycles. The molecule has 1 fully saturated rings. The lowest BCUT2D eigenvalue weighted by Gasteiger charge is -2.22. The van der Waals surface area contributed by atoms with E-state index in [4.69, 9.17) is 4.74 Å². The molecule has 2 aromatic carbocycles. The molecule has 0 radical (unpaired) electrons. The van der Waals surface area contributed by atoms with Crippen LogP contribution in [0.25, 0.3) is 11.1 Å². The molecule has 1 atom stereocenters. The second-order valence-electron chi connectivity index (χ2n) is 5.95. The summed E-state index contributed by atoms with van der Waals surface area (Å²) in [6.45, 7) is 1.28. The van der Waals surface area contributed by atoms with Crippen molar-refractivity contribution in [2.24, 2.45) is 0 Å². The molecule has 1 saturated heterocycles. The van der Waals surface area contributed by atoms with E-state index in [0.29, 0.717) is 16.7 Å². The first-order valence-corrected chi connectivity index (χ1v) is 7.39. The summed E-state index contributed by atoms with van der Waals surface area (Å²) in [5.74, 6) is -1.59. The Morgan fingerprint density at radius 1 is 1.12 bits per heavy atom. The van der Waals surface area contributed by atoms with Crippen LogP contribution in [0.2, 0.25) is 0 Å². The number of benzene rings is 2. The average molecular weight is 325 g/mol. The van der Waals surface area contributed by atoms with E-state index in [2.05, 4.69) is 5.32 Å². The summed E-state index contributed by atoms with van der Waals surface area (Å²) in [6, 6.07) is 9.11. The van der Waals surface area contributed by atoms with Gasteiger partial charge in [-0.2, -0.15) is 0 Å². The molecule has 1 aliphatic carbocycles. The van der Waals surface area contributed by atoms with Gasteiger partial charge in [0, 0.05) is 13.3 Å². The van der Waals surface area contributed by atoms with Gasteiger partial charge in [-0.25, -0.2) is 4.39 Å².